The molecule has 0 aliphatic carbocycles. The number of rotatable bonds is 3. The normalized spacial score (nSPS) is 13.1. The highest BCUT2D eigenvalue weighted by Crippen LogP contribution is 2.48. The summed E-state index contributed by atoms with van der Waals surface area (Å²) in [6, 6.07) is 43.8. The summed E-state index contributed by atoms with van der Waals surface area (Å²) in [5.74, 6) is 0. The van der Waals surface area contributed by atoms with Gasteiger partial charge < -0.3 is 9.47 Å². The molecule has 0 saturated heterocycles. The average Bonchev–Trinajstić information content (AvgIpc) is 3.29. The molecule has 5 aromatic carbocycles. The zero-order valence-corrected chi connectivity index (χ0v) is 21.9. The van der Waals surface area contributed by atoms with E-state index in [0.717, 1.165) is 17.1 Å². The molecule has 7 rings (SSSR count). The minimum atomic E-state index is -0.0522. The molecule has 2 nitrogen and oxygen atoms in total. The predicted octanol–water partition coefficient (Wildman–Crippen LogP) is 9.92. The largest absolute Gasteiger partial charge is 0.310 e. The predicted molar refractivity (Wildman–Crippen MR) is 159 cm³/mol. The molecule has 1 aliphatic heterocycles. The zero-order chi connectivity index (χ0) is 25.6. The monoisotopic (exact) mass is 480 g/mol. The molecule has 0 spiro atoms. The van der Waals surface area contributed by atoms with E-state index in [0.29, 0.717) is 0 Å². The zero-order valence-electron chi connectivity index (χ0n) is 21.9. The first-order chi connectivity index (χ1) is 18.1. The van der Waals surface area contributed by atoms with Crippen molar-refractivity contribution >= 4 is 38.9 Å². The molecule has 37 heavy (non-hydrogen) atoms. The van der Waals surface area contributed by atoms with E-state index in [4.69, 9.17) is 0 Å². The number of benzene rings is 5. The molecule has 1 aliphatic rings. The van der Waals surface area contributed by atoms with E-state index in [-0.39, 0.29) is 5.41 Å². The lowest BCUT2D eigenvalue weighted by atomic mass is 9.75. The first-order valence-electron chi connectivity index (χ1n) is 13.2. The van der Waals surface area contributed by atoms with Crippen LogP contribution < -0.4 is 4.90 Å². The van der Waals surface area contributed by atoms with E-state index in [1.807, 2.05) is 13.8 Å². The first-order valence-corrected chi connectivity index (χ1v) is 13.2. The molecule has 6 aromatic rings. The van der Waals surface area contributed by atoms with E-state index in [1.165, 1.54) is 38.6 Å². The fourth-order valence-electron chi connectivity index (χ4n) is 5.89. The lowest BCUT2D eigenvalue weighted by molar-refractivity contribution is 0.630. The number of para-hydroxylation sites is 4. The molecular weight excluding hydrogens is 448 g/mol. The number of hydrogen-bond donors (Lipinski definition) is 0. The number of fused-ring (bicyclic) bond motifs is 5. The van der Waals surface area contributed by atoms with E-state index >= 15 is 0 Å². The topological polar surface area (TPSA) is 8.17 Å². The molecule has 2 heterocycles. The lowest BCUT2D eigenvalue weighted by Crippen LogP contribution is -2.26. The Labute approximate surface area is 219 Å². The molecule has 0 radical (unpaired) electrons. The smallest absolute Gasteiger partial charge is 0.0582 e. The van der Waals surface area contributed by atoms with E-state index in [9.17, 15) is 0 Å². The van der Waals surface area contributed by atoms with Crippen molar-refractivity contribution in [2.24, 2.45) is 0 Å². The highest BCUT2D eigenvalue weighted by molar-refractivity contribution is 6.12. The standard InChI is InChI=1S/C33H26N2.C2H6/c1-33(2)28-17-9-10-19-31(28)35-30-21-20-25(22-27(30)26-16-11-18-29(33)32(26)35)34(23-12-5-3-6-13-23)24-14-7-4-8-15-24;1-2/h3-22H,1-2H3;1-2H3. The maximum atomic E-state index is 2.47. The van der Waals surface area contributed by atoms with Crippen molar-refractivity contribution in [1.29, 1.82) is 0 Å². The number of aromatic nitrogens is 1. The maximum absolute atomic E-state index is 2.47. The van der Waals surface area contributed by atoms with Crippen LogP contribution in [0.15, 0.2) is 121 Å². The fourth-order valence-corrected chi connectivity index (χ4v) is 5.89. The second kappa shape index (κ2) is 8.97. The Hall–Kier alpha value is -4.30. The summed E-state index contributed by atoms with van der Waals surface area (Å²) in [5.41, 5.74) is 10.0. The van der Waals surface area contributed by atoms with Gasteiger partial charge in [-0.15, -0.1) is 0 Å². The van der Waals surface area contributed by atoms with Gasteiger partial charge >= 0.3 is 0 Å². The Morgan fingerprint density at radius 2 is 1.14 bits per heavy atom. The van der Waals surface area contributed by atoms with Crippen LogP contribution in [0.3, 0.4) is 0 Å². The second-order valence-electron chi connectivity index (χ2n) is 9.89. The highest BCUT2D eigenvalue weighted by Gasteiger charge is 2.34. The number of hydrogen-bond acceptors (Lipinski definition) is 1. The second-order valence-corrected chi connectivity index (χ2v) is 9.89. The van der Waals surface area contributed by atoms with Gasteiger partial charge in [0.25, 0.3) is 0 Å². The summed E-state index contributed by atoms with van der Waals surface area (Å²) in [6.07, 6.45) is 0. The molecule has 182 valence electrons. The van der Waals surface area contributed by atoms with Crippen LogP contribution in [-0.4, -0.2) is 4.57 Å². The van der Waals surface area contributed by atoms with Crippen molar-refractivity contribution in [2.75, 3.05) is 4.90 Å². The van der Waals surface area contributed by atoms with Crippen molar-refractivity contribution in [2.45, 2.75) is 33.1 Å². The molecule has 0 bridgehead atoms. The minimum absolute atomic E-state index is 0.0522. The Kier molecular flexibility index (Phi) is 5.61. The summed E-state index contributed by atoms with van der Waals surface area (Å²) >= 11 is 0. The van der Waals surface area contributed by atoms with Crippen molar-refractivity contribution < 1.29 is 0 Å². The van der Waals surface area contributed by atoms with Crippen LogP contribution in [0.1, 0.15) is 38.8 Å². The Bertz CT molecular complexity index is 1670. The van der Waals surface area contributed by atoms with Gasteiger partial charge in [0.05, 0.1) is 16.7 Å². The summed E-state index contributed by atoms with van der Waals surface area (Å²) in [7, 11) is 0. The SMILES string of the molecule is CC.CC1(C)c2ccccc2-n2c3ccc(N(c4ccccc4)c4ccccc4)cc3c3cccc1c32. The molecular formula is C35H32N2. The molecule has 0 atom stereocenters. The van der Waals surface area contributed by atoms with Crippen molar-refractivity contribution in [3.05, 3.63) is 132 Å². The molecule has 0 amide bonds. The summed E-state index contributed by atoms with van der Waals surface area (Å²) < 4.78 is 2.47. The maximum Gasteiger partial charge on any atom is 0.0582 e. The summed E-state index contributed by atoms with van der Waals surface area (Å²) in [6.45, 7) is 8.69. The number of nitrogens with zero attached hydrogens (tertiary/aromatic N) is 2. The molecule has 0 N–H and O–H groups in total. The third-order valence-electron chi connectivity index (χ3n) is 7.55. The van der Waals surface area contributed by atoms with Crippen LogP contribution in [0.4, 0.5) is 17.1 Å². The van der Waals surface area contributed by atoms with Crippen molar-refractivity contribution in [1.82, 2.24) is 4.57 Å². The van der Waals surface area contributed by atoms with Crippen LogP contribution in [0, 0.1) is 0 Å². The Balaban J connectivity index is 0.00000123. The van der Waals surface area contributed by atoms with E-state index in [1.54, 1.807) is 0 Å². The van der Waals surface area contributed by atoms with Crippen LogP contribution in [0.5, 0.6) is 0 Å². The van der Waals surface area contributed by atoms with Gasteiger partial charge in [-0.1, -0.05) is 100 Å². The molecule has 0 unspecified atom stereocenters. The van der Waals surface area contributed by atoms with Crippen LogP contribution >= 0.6 is 0 Å². The molecule has 0 saturated carbocycles. The van der Waals surface area contributed by atoms with Gasteiger partial charge in [-0.2, -0.15) is 0 Å². The van der Waals surface area contributed by atoms with Gasteiger partial charge in [0.15, 0.2) is 0 Å². The Morgan fingerprint density at radius 3 is 1.81 bits per heavy atom. The molecule has 2 heteroatoms. The van der Waals surface area contributed by atoms with Gasteiger partial charge in [0.2, 0.25) is 0 Å². The van der Waals surface area contributed by atoms with Gasteiger partial charge in [-0.3, -0.25) is 0 Å². The third-order valence-corrected chi connectivity index (χ3v) is 7.55. The highest BCUT2D eigenvalue weighted by atomic mass is 15.1. The average molecular weight is 481 g/mol. The minimum Gasteiger partial charge on any atom is -0.310 e. The summed E-state index contributed by atoms with van der Waals surface area (Å²) in [5, 5.41) is 2.59. The van der Waals surface area contributed by atoms with Crippen molar-refractivity contribution in [3.8, 4) is 5.69 Å². The fraction of sp³-hybridized carbons (Fsp3) is 0.143. The van der Waals surface area contributed by atoms with Crippen LogP contribution in [0.25, 0.3) is 27.5 Å². The van der Waals surface area contributed by atoms with Crippen LogP contribution in [0.2, 0.25) is 0 Å². The van der Waals surface area contributed by atoms with Gasteiger partial charge in [-0.05, 0) is 59.7 Å². The van der Waals surface area contributed by atoms with Gasteiger partial charge in [0, 0.05) is 33.2 Å². The van der Waals surface area contributed by atoms with E-state index in [2.05, 4.69) is 145 Å². The molecule has 1 aromatic heterocycles. The first kappa shape index (κ1) is 23.1. The van der Waals surface area contributed by atoms with Crippen molar-refractivity contribution in [3.63, 3.8) is 0 Å². The molecule has 0 fully saturated rings. The quantitative estimate of drug-likeness (QED) is 0.245. The van der Waals surface area contributed by atoms with Gasteiger partial charge in [0.1, 0.15) is 0 Å². The lowest BCUT2D eigenvalue weighted by Gasteiger charge is -2.34. The summed E-state index contributed by atoms with van der Waals surface area (Å²) in [4.78, 5) is 2.34. The van der Waals surface area contributed by atoms with Gasteiger partial charge in [-0.25, -0.2) is 0 Å². The number of anilines is 3. The van der Waals surface area contributed by atoms with Crippen LogP contribution in [-0.2, 0) is 5.41 Å². The Morgan fingerprint density at radius 1 is 0.541 bits per heavy atom. The third kappa shape index (κ3) is 3.48. The van der Waals surface area contributed by atoms with E-state index < -0.39 is 0 Å².